The van der Waals surface area contributed by atoms with Gasteiger partial charge in [0, 0.05) is 11.0 Å². The van der Waals surface area contributed by atoms with Crippen LogP contribution < -0.4 is 11.1 Å². The van der Waals surface area contributed by atoms with Gasteiger partial charge in [-0.25, -0.2) is 4.99 Å². The fourth-order valence-electron chi connectivity index (χ4n) is 1.98. The van der Waals surface area contributed by atoms with Crippen molar-refractivity contribution < 1.29 is 0 Å². The Morgan fingerprint density at radius 3 is 2.84 bits per heavy atom. The van der Waals surface area contributed by atoms with Gasteiger partial charge in [-0.3, -0.25) is 0 Å². The summed E-state index contributed by atoms with van der Waals surface area (Å²) >= 11 is 3.47. The summed E-state index contributed by atoms with van der Waals surface area (Å²) in [5, 5.41) is 3.20. The second-order valence-corrected chi connectivity index (χ2v) is 5.87. The van der Waals surface area contributed by atoms with Gasteiger partial charge in [-0.05, 0) is 48.9 Å². The van der Waals surface area contributed by atoms with E-state index in [1.165, 1.54) is 30.4 Å². The predicted molar refractivity (Wildman–Crippen MR) is 95.0 cm³/mol. The van der Waals surface area contributed by atoms with E-state index in [9.17, 15) is 0 Å². The fraction of sp³-hybridized carbons (Fsp3) is 0.500. The summed E-state index contributed by atoms with van der Waals surface area (Å²) in [6.45, 7) is 3.69. The van der Waals surface area contributed by atoms with Crippen LogP contribution >= 0.6 is 39.9 Å². The molecule has 0 heterocycles. The lowest BCUT2D eigenvalue weighted by Gasteiger charge is -2.25. The first kappa shape index (κ1) is 16.8. The highest BCUT2D eigenvalue weighted by molar-refractivity contribution is 14.0. The van der Waals surface area contributed by atoms with Gasteiger partial charge in [0.05, 0.1) is 6.54 Å². The summed E-state index contributed by atoms with van der Waals surface area (Å²) in [4.78, 5) is 4.39. The van der Waals surface area contributed by atoms with Gasteiger partial charge < -0.3 is 11.1 Å². The molecule has 0 amide bonds. The lowest BCUT2D eigenvalue weighted by atomic mass is 9.85. The maximum atomic E-state index is 5.86. The van der Waals surface area contributed by atoms with Crippen molar-refractivity contribution in [2.24, 2.45) is 16.6 Å². The molecular formula is C14H21BrIN3. The van der Waals surface area contributed by atoms with Gasteiger partial charge in [-0.2, -0.15) is 0 Å². The quantitative estimate of drug-likeness (QED) is 0.429. The molecule has 0 unspecified atom stereocenters. The summed E-state index contributed by atoms with van der Waals surface area (Å²) in [7, 11) is 0. The van der Waals surface area contributed by atoms with Crippen LogP contribution in [-0.2, 0) is 6.54 Å². The average Bonchev–Trinajstić information content (AvgIpc) is 2.28. The third-order valence-corrected chi connectivity index (χ3v) is 4.02. The molecule has 1 saturated carbocycles. The van der Waals surface area contributed by atoms with Crippen molar-refractivity contribution in [3.63, 3.8) is 0 Å². The lowest BCUT2D eigenvalue weighted by Crippen LogP contribution is -2.37. The molecule has 106 valence electrons. The molecule has 1 fully saturated rings. The van der Waals surface area contributed by atoms with E-state index in [2.05, 4.69) is 45.3 Å². The standard InChI is InChI=1S/C14H20BrN3.HI/c1-10-5-6-13(15)7-12(10)9-18-14(16)17-8-11-3-2-4-11;/h5-7,11H,2-4,8-9H2,1H3,(H3,16,17,18);1H. The minimum atomic E-state index is 0. The lowest BCUT2D eigenvalue weighted by molar-refractivity contribution is 0.315. The van der Waals surface area contributed by atoms with E-state index in [-0.39, 0.29) is 24.0 Å². The maximum absolute atomic E-state index is 5.86. The number of nitrogens with zero attached hydrogens (tertiary/aromatic N) is 1. The molecule has 5 heteroatoms. The molecular weight excluding hydrogens is 417 g/mol. The molecule has 0 atom stereocenters. The summed E-state index contributed by atoms with van der Waals surface area (Å²) in [5.41, 5.74) is 8.31. The van der Waals surface area contributed by atoms with Crippen LogP contribution in [0.2, 0.25) is 0 Å². The Kier molecular flexibility index (Phi) is 7.13. The third kappa shape index (κ3) is 5.30. The highest BCUT2D eigenvalue weighted by Crippen LogP contribution is 2.25. The topological polar surface area (TPSA) is 50.4 Å². The van der Waals surface area contributed by atoms with Crippen LogP contribution in [0.5, 0.6) is 0 Å². The van der Waals surface area contributed by atoms with E-state index in [4.69, 9.17) is 5.73 Å². The second-order valence-electron chi connectivity index (χ2n) is 4.95. The van der Waals surface area contributed by atoms with Gasteiger partial charge in [0.1, 0.15) is 0 Å². The molecule has 2 rings (SSSR count). The first-order valence-electron chi connectivity index (χ1n) is 6.44. The highest BCUT2D eigenvalue weighted by Gasteiger charge is 2.16. The van der Waals surface area contributed by atoms with Gasteiger partial charge in [-0.15, -0.1) is 24.0 Å². The molecule has 1 aliphatic carbocycles. The normalized spacial score (nSPS) is 15.6. The first-order valence-corrected chi connectivity index (χ1v) is 7.23. The Balaban J connectivity index is 0.00000180. The van der Waals surface area contributed by atoms with E-state index < -0.39 is 0 Å². The molecule has 1 aliphatic rings. The molecule has 0 aliphatic heterocycles. The van der Waals surface area contributed by atoms with Crippen LogP contribution in [0.25, 0.3) is 0 Å². The Bertz CT molecular complexity index is 444. The summed E-state index contributed by atoms with van der Waals surface area (Å²) in [6.07, 6.45) is 4.01. The predicted octanol–water partition coefficient (Wildman–Crippen LogP) is 3.58. The zero-order valence-electron chi connectivity index (χ0n) is 11.2. The van der Waals surface area contributed by atoms with Crippen LogP contribution in [0.3, 0.4) is 0 Å². The van der Waals surface area contributed by atoms with Crippen molar-refractivity contribution in [2.45, 2.75) is 32.7 Å². The number of halogens is 2. The number of nitrogens with two attached hydrogens (primary N) is 1. The highest BCUT2D eigenvalue weighted by atomic mass is 127. The number of aryl methyl sites for hydroxylation is 1. The van der Waals surface area contributed by atoms with E-state index in [1.807, 2.05) is 6.07 Å². The van der Waals surface area contributed by atoms with Crippen molar-refractivity contribution >= 4 is 45.9 Å². The number of benzene rings is 1. The minimum absolute atomic E-state index is 0. The van der Waals surface area contributed by atoms with E-state index in [0.29, 0.717) is 12.5 Å². The van der Waals surface area contributed by atoms with Crippen molar-refractivity contribution in [1.82, 2.24) is 5.32 Å². The SMILES string of the molecule is Cc1ccc(Br)cc1CN=C(N)NCC1CCC1.I. The third-order valence-electron chi connectivity index (χ3n) is 3.53. The number of hydrogen-bond donors (Lipinski definition) is 2. The van der Waals surface area contributed by atoms with E-state index in [0.717, 1.165) is 16.9 Å². The molecule has 1 aromatic carbocycles. The number of aliphatic imine (C=N–C) groups is 1. The fourth-order valence-corrected chi connectivity index (χ4v) is 2.39. The number of guanidine groups is 1. The molecule has 0 bridgehead atoms. The van der Waals surface area contributed by atoms with Crippen LogP contribution in [0, 0.1) is 12.8 Å². The molecule has 0 saturated heterocycles. The number of rotatable bonds is 4. The molecule has 3 nitrogen and oxygen atoms in total. The molecule has 19 heavy (non-hydrogen) atoms. The van der Waals surface area contributed by atoms with Gasteiger partial charge in [0.2, 0.25) is 0 Å². The van der Waals surface area contributed by atoms with Crippen LogP contribution in [0.4, 0.5) is 0 Å². The first-order chi connectivity index (χ1) is 8.65. The van der Waals surface area contributed by atoms with Crippen molar-refractivity contribution in [3.8, 4) is 0 Å². The van der Waals surface area contributed by atoms with Crippen molar-refractivity contribution in [1.29, 1.82) is 0 Å². The molecule has 1 aromatic rings. The zero-order chi connectivity index (χ0) is 13.0. The minimum Gasteiger partial charge on any atom is -0.370 e. The van der Waals surface area contributed by atoms with Gasteiger partial charge in [0.15, 0.2) is 5.96 Å². The van der Waals surface area contributed by atoms with Gasteiger partial charge in [0.25, 0.3) is 0 Å². The van der Waals surface area contributed by atoms with Crippen LogP contribution in [-0.4, -0.2) is 12.5 Å². The molecule has 0 radical (unpaired) electrons. The molecule has 0 spiro atoms. The van der Waals surface area contributed by atoms with Crippen molar-refractivity contribution in [3.05, 3.63) is 33.8 Å². The smallest absolute Gasteiger partial charge is 0.188 e. The largest absolute Gasteiger partial charge is 0.370 e. The average molecular weight is 438 g/mol. The molecule has 0 aromatic heterocycles. The summed E-state index contributed by atoms with van der Waals surface area (Å²) < 4.78 is 1.08. The van der Waals surface area contributed by atoms with E-state index in [1.54, 1.807) is 0 Å². The maximum Gasteiger partial charge on any atom is 0.188 e. The molecule has 3 N–H and O–H groups in total. The summed E-state index contributed by atoms with van der Waals surface area (Å²) in [5.74, 6) is 1.35. The Morgan fingerprint density at radius 2 is 2.21 bits per heavy atom. The van der Waals surface area contributed by atoms with E-state index >= 15 is 0 Å². The van der Waals surface area contributed by atoms with Crippen LogP contribution in [0.1, 0.15) is 30.4 Å². The second kappa shape index (κ2) is 8.09. The van der Waals surface area contributed by atoms with Gasteiger partial charge in [-0.1, -0.05) is 28.4 Å². The van der Waals surface area contributed by atoms with Crippen LogP contribution in [0.15, 0.2) is 27.7 Å². The van der Waals surface area contributed by atoms with Crippen molar-refractivity contribution in [2.75, 3.05) is 6.54 Å². The number of hydrogen-bond acceptors (Lipinski definition) is 1. The monoisotopic (exact) mass is 437 g/mol. The van der Waals surface area contributed by atoms with Gasteiger partial charge >= 0.3 is 0 Å². The Labute approximate surface area is 140 Å². The zero-order valence-corrected chi connectivity index (χ0v) is 15.1. The summed E-state index contributed by atoms with van der Waals surface area (Å²) in [6, 6.07) is 6.23. The number of nitrogens with one attached hydrogen (secondary N) is 1. The Morgan fingerprint density at radius 1 is 1.47 bits per heavy atom. The Hall–Kier alpha value is -0.300.